The Labute approximate surface area is 180 Å². The topological polar surface area (TPSA) is 54.3 Å². The zero-order valence-corrected chi connectivity index (χ0v) is 17.1. The van der Waals surface area contributed by atoms with Gasteiger partial charge in [0, 0.05) is 43.2 Å². The van der Waals surface area contributed by atoms with Crippen LogP contribution in [0.25, 0.3) is 11.8 Å². The molecule has 31 heavy (non-hydrogen) atoms. The van der Waals surface area contributed by atoms with Crippen molar-refractivity contribution in [1.29, 1.82) is 0 Å². The largest absolute Gasteiger partial charge is 0.339 e. The Morgan fingerprint density at radius 3 is 2.39 bits per heavy atom. The molecule has 1 aliphatic rings. The van der Waals surface area contributed by atoms with E-state index >= 15 is 0 Å². The van der Waals surface area contributed by atoms with E-state index in [2.05, 4.69) is 5.32 Å². The number of carbonyl (C=O) groups excluding carboxylic acids is 2. The third kappa shape index (κ3) is 5.09. The maximum absolute atomic E-state index is 14.2. The van der Waals surface area contributed by atoms with Gasteiger partial charge in [-0.05, 0) is 54.8 Å². The molecule has 0 aliphatic carbocycles. The van der Waals surface area contributed by atoms with Crippen molar-refractivity contribution in [3.63, 3.8) is 0 Å². The van der Waals surface area contributed by atoms with Crippen LogP contribution in [0.4, 0.5) is 10.1 Å². The molecule has 1 aliphatic heterocycles. The smallest absolute Gasteiger partial charge is 0.246 e. The van der Waals surface area contributed by atoms with Crippen LogP contribution in [0.5, 0.6) is 0 Å². The fourth-order valence-corrected chi connectivity index (χ4v) is 3.71. The molecule has 2 heterocycles. The molecule has 5 nitrogen and oxygen atoms in total. The van der Waals surface area contributed by atoms with Gasteiger partial charge in [-0.2, -0.15) is 0 Å². The molecule has 4 rings (SSSR count). The minimum Gasteiger partial charge on any atom is -0.339 e. The minimum atomic E-state index is -0.470. The fourth-order valence-electron chi connectivity index (χ4n) is 3.71. The molecule has 0 atom stereocenters. The number of likely N-dealkylation sites (tertiary alicyclic amines) is 1. The summed E-state index contributed by atoms with van der Waals surface area (Å²) in [6, 6.07) is 18.0. The summed E-state index contributed by atoms with van der Waals surface area (Å²) < 4.78 is 16.1. The van der Waals surface area contributed by atoms with E-state index in [4.69, 9.17) is 0 Å². The van der Waals surface area contributed by atoms with E-state index in [0.29, 0.717) is 25.9 Å². The Morgan fingerprint density at radius 2 is 1.68 bits per heavy atom. The monoisotopic (exact) mass is 417 g/mol. The van der Waals surface area contributed by atoms with Gasteiger partial charge in [0.05, 0.1) is 5.69 Å². The van der Waals surface area contributed by atoms with Crippen molar-refractivity contribution in [1.82, 2.24) is 9.47 Å². The maximum atomic E-state index is 14.2. The van der Waals surface area contributed by atoms with Crippen LogP contribution < -0.4 is 5.32 Å². The summed E-state index contributed by atoms with van der Waals surface area (Å²) in [6.07, 6.45) is 8.18. The summed E-state index contributed by atoms with van der Waals surface area (Å²) in [5.74, 6) is -0.997. The van der Waals surface area contributed by atoms with Crippen molar-refractivity contribution in [2.75, 3.05) is 18.4 Å². The second-order valence-corrected chi connectivity index (χ2v) is 7.59. The van der Waals surface area contributed by atoms with Crippen LogP contribution in [0.2, 0.25) is 0 Å². The van der Waals surface area contributed by atoms with Crippen LogP contribution >= 0.6 is 0 Å². The van der Waals surface area contributed by atoms with Gasteiger partial charge in [-0.25, -0.2) is 4.39 Å². The van der Waals surface area contributed by atoms with Gasteiger partial charge in [0.1, 0.15) is 5.82 Å². The summed E-state index contributed by atoms with van der Waals surface area (Å²) in [5, 5.41) is 2.73. The second kappa shape index (κ2) is 9.43. The minimum absolute atomic E-state index is 0.0619. The van der Waals surface area contributed by atoms with E-state index in [1.807, 2.05) is 59.4 Å². The number of hydrogen-bond donors (Lipinski definition) is 1. The lowest BCUT2D eigenvalue weighted by Gasteiger charge is -2.30. The zero-order valence-electron chi connectivity index (χ0n) is 17.1. The molecule has 1 N–H and O–H groups in total. The molecule has 1 fully saturated rings. The van der Waals surface area contributed by atoms with E-state index in [-0.39, 0.29) is 23.4 Å². The number of halogens is 1. The molecule has 0 spiro atoms. The van der Waals surface area contributed by atoms with Crippen molar-refractivity contribution in [2.24, 2.45) is 5.92 Å². The molecule has 2 amide bonds. The van der Waals surface area contributed by atoms with Gasteiger partial charge >= 0.3 is 0 Å². The molecule has 0 radical (unpaired) electrons. The summed E-state index contributed by atoms with van der Waals surface area (Å²) in [6.45, 7) is 1.00. The molecule has 6 heteroatoms. The van der Waals surface area contributed by atoms with Crippen LogP contribution in [0, 0.1) is 11.7 Å². The summed E-state index contributed by atoms with van der Waals surface area (Å²) in [5.41, 5.74) is 1.90. The van der Waals surface area contributed by atoms with Crippen LogP contribution in [0.1, 0.15) is 18.4 Å². The standard InChI is InChI=1S/C25H24FN3O2/c26-22-10-9-21(28-14-4-5-15-28)18-23(22)27-25(31)20-12-16-29(17-13-20)24(30)11-8-19-6-2-1-3-7-19/h1-11,14-15,18,20H,12-13,16-17H2,(H,27,31)/b11-8-. The van der Waals surface area contributed by atoms with E-state index < -0.39 is 5.82 Å². The van der Waals surface area contributed by atoms with E-state index in [1.54, 1.807) is 29.2 Å². The average Bonchev–Trinajstić information content (AvgIpc) is 3.35. The normalized spacial score (nSPS) is 14.7. The third-order valence-corrected chi connectivity index (χ3v) is 5.51. The lowest BCUT2D eigenvalue weighted by molar-refractivity contribution is -0.130. The molecule has 158 valence electrons. The number of hydrogen-bond acceptors (Lipinski definition) is 2. The molecule has 1 aromatic heterocycles. The average molecular weight is 417 g/mol. The first kappa shape index (κ1) is 20.6. The summed E-state index contributed by atoms with van der Waals surface area (Å²) >= 11 is 0. The maximum Gasteiger partial charge on any atom is 0.246 e. The summed E-state index contributed by atoms with van der Waals surface area (Å²) in [7, 11) is 0. The quantitative estimate of drug-likeness (QED) is 0.621. The molecule has 0 bridgehead atoms. The number of anilines is 1. The number of aromatic nitrogens is 1. The molecule has 3 aromatic rings. The van der Waals surface area contributed by atoms with Crippen molar-refractivity contribution in [3.05, 3.63) is 90.5 Å². The van der Waals surface area contributed by atoms with Gasteiger partial charge in [0.25, 0.3) is 0 Å². The SMILES string of the molecule is O=C(Nc1cc(-n2cccc2)ccc1F)C1CCN(C(=O)/C=C\c2ccccc2)CC1. The number of carbonyl (C=O) groups is 2. The van der Waals surface area contributed by atoms with Crippen LogP contribution in [-0.2, 0) is 9.59 Å². The lowest BCUT2D eigenvalue weighted by Crippen LogP contribution is -2.40. The first-order valence-electron chi connectivity index (χ1n) is 10.4. The molecule has 2 aromatic carbocycles. The Bertz CT molecular complexity index is 1070. The highest BCUT2D eigenvalue weighted by Crippen LogP contribution is 2.23. The molecule has 1 saturated heterocycles. The molecular formula is C25H24FN3O2. The van der Waals surface area contributed by atoms with Gasteiger partial charge in [-0.3, -0.25) is 9.59 Å². The van der Waals surface area contributed by atoms with Crippen LogP contribution in [-0.4, -0.2) is 34.4 Å². The predicted octanol–water partition coefficient (Wildman–Crippen LogP) is 4.51. The van der Waals surface area contributed by atoms with Gasteiger partial charge in [-0.15, -0.1) is 0 Å². The molecular weight excluding hydrogens is 393 g/mol. The highest BCUT2D eigenvalue weighted by Gasteiger charge is 2.27. The first-order valence-corrected chi connectivity index (χ1v) is 10.4. The van der Waals surface area contributed by atoms with Crippen LogP contribution in [0.3, 0.4) is 0 Å². The highest BCUT2D eigenvalue weighted by molar-refractivity contribution is 5.94. The second-order valence-electron chi connectivity index (χ2n) is 7.59. The predicted molar refractivity (Wildman–Crippen MR) is 119 cm³/mol. The van der Waals surface area contributed by atoms with Gasteiger partial charge in [-0.1, -0.05) is 30.3 Å². The van der Waals surface area contributed by atoms with Crippen molar-refractivity contribution in [3.8, 4) is 5.69 Å². The van der Waals surface area contributed by atoms with Crippen LogP contribution in [0.15, 0.2) is 79.1 Å². The molecule has 0 unspecified atom stereocenters. The number of benzene rings is 2. The first-order chi connectivity index (χ1) is 15.1. The van der Waals surface area contributed by atoms with Gasteiger partial charge in [0.2, 0.25) is 11.8 Å². The Kier molecular flexibility index (Phi) is 6.26. The fraction of sp³-hybridized carbons (Fsp3) is 0.200. The third-order valence-electron chi connectivity index (χ3n) is 5.51. The Hall–Kier alpha value is -3.67. The number of piperidine rings is 1. The zero-order chi connectivity index (χ0) is 21.6. The Balaban J connectivity index is 1.33. The van der Waals surface area contributed by atoms with Crippen molar-refractivity contribution in [2.45, 2.75) is 12.8 Å². The van der Waals surface area contributed by atoms with Gasteiger partial charge in [0.15, 0.2) is 0 Å². The molecule has 0 saturated carbocycles. The van der Waals surface area contributed by atoms with Crippen molar-refractivity contribution < 1.29 is 14.0 Å². The van der Waals surface area contributed by atoms with Gasteiger partial charge < -0.3 is 14.8 Å². The van der Waals surface area contributed by atoms with E-state index in [9.17, 15) is 14.0 Å². The van der Waals surface area contributed by atoms with E-state index in [0.717, 1.165) is 11.3 Å². The number of nitrogens with one attached hydrogen (secondary N) is 1. The number of amides is 2. The lowest BCUT2D eigenvalue weighted by atomic mass is 9.95. The highest BCUT2D eigenvalue weighted by atomic mass is 19.1. The number of nitrogens with zero attached hydrogens (tertiary/aromatic N) is 2. The van der Waals surface area contributed by atoms with Crippen molar-refractivity contribution >= 4 is 23.6 Å². The summed E-state index contributed by atoms with van der Waals surface area (Å²) in [4.78, 5) is 26.9. The van der Waals surface area contributed by atoms with E-state index in [1.165, 1.54) is 6.07 Å². The Morgan fingerprint density at radius 1 is 0.968 bits per heavy atom. The number of rotatable bonds is 5.